The number of amides is 1. The van der Waals surface area contributed by atoms with Crippen molar-refractivity contribution in [3.63, 3.8) is 0 Å². The van der Waals surface area contributed by atoms with Crippen LogP contribution in [0.3, 0.4) is 0 Å². The summed E-state index contributed by atoms with van der Waals surface area (Å²) in [6, 6.07) is -0.943. The predicted molar refractivity (Wildman–Crippen MR) is 56.9 cm³/mol. The molecule has 6 heteroatoms. The number of nitrogens with one attached hydrogen (secondary N) is 2. The summed E-state index contributed by atoms with van der Waals surface area (Å²) in [5.41, 5.74) is -0.341. The Morgan fingerprint density at radius 2 is 2.06 bits per heavy atom. The molecule has 0 saturated heterocycles. The zero-order valence-electron chi connectivity index (χ0n) is 9.32. The lowest BCUT2D eigenvalue weighted by Gasteiger charge is -2.41. The molecule has 0 aromatic rings. The summed E-state index contributed by atoms with van der Waals surface area (Å²) in [6.07, 6.45) is 2.72. The van der Waals surface area contributed by atoms with E-state index in [1.165, 1.54) is 6.92 Å². The number of hydrogen-bond acceptors (Lipinski definition) is 4. The van der Waals surface area contributed by atoms with Crippen LogP contribution in [-0.4, -0.2) is 46.8 Å². The molecule has 0 bridgehead atoms. The monoisotopic (exact) mass is 230 g/mol. The van der Waals surface area contributed by atoms with Crippen LogP contribution < -0.4 is 10.6 Å². The first-order valence-corrected chi connectivity index (χ1v) is 5.35. The van der Waals surface area contributed by atoms with Crippen molar-refractivity contribution in [2.24, 2.45) is 0 Å². The Balaban J connectivity index is 2.43. The second-order valence-electron chi connectivity index (χ2n) is 4.26. The molecule has 6 nitrogen and oxygen atoms in total. The molecule has 92 valence electrons. The number of aliphatic hydroxyl groups excluding tert-OH is 1. The Morgan fingerprint density at radius 1 is 1.44 bits per heavy atom. The summed E-state index contributed by atoms with van der Waals surface area (Å²) in [6.45, 7) is 1.41. The number of carboxylic acid groups (broad SMARTS) is 1. The first-order chi connectivity index (χ1) is 7.49. The number of aliphatic carboxylic acids is 1. The van der Waals surface area contributed by atoms with Gasteiger partial charge in [-0.2, -0.15) is 0 Å². The van der Waals surface area contributed by atoms with E-state index in [1.54, 1.807) is 0 Å². The maximum absolute atomic E-state index is 10.8. The van der Waals surface area contributed by atoms with Gasteiger partial charge in [0.2, 0.25) is 5.91 Å². The average Bonchev–Trinajstić information content (AvgIpc) is 2.14. The highest BCUT2D eigenvalue weighted by atomic mass is 16.4. The molecule has 1 amide bonds. The summed E-state index contributed by atoms with van der Waals surface area (Å²) in [7, 11) is 0. The molecule has 0 radical (unpaired) electrons. The maximum Gasteiger partial charge on any atom is 0.327 e. The zero-order valence-corrected chi connectivity index (χ0v) is 9.32. The van der Waals surface area contributed by atoms with Crippen molar-refractivity contribution in [2.75, 3.05) is 13.2 Å². The van der Waals surface area contributed by atoms with Gasteiger partial charge in [0.05, 0.1) is 6.61 Å². The van der Waals surface area contributed by atoms with Crippen LogP contribution in [0.15, 0.2) is 0 Å². The molecular formula is C10H18N2O4. The minimum absolute atomic E-state index is 0.000585. The summed E-state index contributed by atoms with van der Waals surface area (Å²) in [4.78, 5) is 21.6. The van der Waals surface area contributed by atoms with Crippen LogP contribution in [0, 0.1) is 0 Å². The minimum atomic E-state index is -1.07. The molecule has 4 N–H and O–H groups in total. The lowest BCUT2D eigenvalue weighted by Crippen LogP contribution is -2.58. The highest BCUT2D eigenvalue weighted by Crippen LogP contribution is 2.30. The highest BCUT2D eigenvalue weighted by Gasteiger charge is 2.36. The van der Waals surface area contributed by atoms with Gasteiger partial charge in [-0.1, -0.05) is 0 Å². The Morgan fingerprint density at radius 3 is 2.38 bits per heavy atom. The fraction of sp³-hybridized carbons (Fsp3) is 0.800. The zero-order chi connectivity index (χ0) is 12.2. The van der Waals surface area contributed by atoms with Gasteiger partial charge in [-0.15, -0.1) is 0 Å². The minimum Gasteiger partial charge on any atom is -0.480 e. The van der Waals surface area contributed by atoms with Crippen LogP contribution in [0.25, 0.3) is 0 Å². The average molecular weight is 230 g/mol. The summed E-state index contributed by atoms with van der Waals surface area (Å²) in [5.74, 6) is -1.45. The molecule has 0 spiro atoms. The number of rotatable bonds is 6. The topological polar surface area (TPSA) is 98.7 Å². The molecule has 0 aliphatic heterocycles. The van der Waals surface area contributed by atoms with E-state index in [0.717, 1.165) is 19.3 Å². The molecule has 0 aromatic carbocycles. The van der Waals surface area contributed by atoms with Crippen molar-refractivity contribution in [3.05, 3.63) is 0 Å². The van der Waals surface area contributed by atoms with E-state index in [2.05, 4.69) is 10.6 Å². The molecule has 0 heterocycles. The van der Waals surface area contributed by atoms with Crippen molar-refractivity contribution in [3.8, 4) is 0 Å². The van der Waals surface area contributed by atoms with Crippen LogP contribution in [0.5, 0.6) is 0 Å². The van der Waals surface area contributed by atoms with Crippen molar-refractivity contribution in [1.82, 2.24) is 10.6 Å². The third-order valence-electron chi connectivity index (χ3n) is 2.97. The van der Waals surface area contributed by atoms with Crippen LogP contribution in [-0.2, 0) is 9.59 Å². The second kappa shape index (κ2) is 5.27. The summed E-state index contributed by atoms with van der Waals surface area (Å²) in [5, 5.41) is 23.4. The fourth-order valence-corrected chi connectivity index (χ4v) is 1.76. The van der Waals surface area contributed by atoms with Gasteiger partial charge >= 0.3 is 5.97 Å². The van der Waals surface area contributed by atoms with Gasteiger partial charge in [-0.05, 0) is 19.3 Å². The van der Waals surface area contributed by atoms with Crippen molar-refractivity contribution in [1.29, 1.82) is 0 Å². The molecule has 1 atom stereocenters. The number of hydrogen-bond donors (Lipinski definition) is 4. The van der Waals surface area contributed by atoms with Crippen LogP contribution in [0.4, 0.5) is 0 Å². The van der Waals surface area contributed by atoms with E-state index in [1.807, 2.05) is 0 Å². The molecule has 1 fully saturated rings. The number of aliphatic hydroxyl groups is 1. The smallest absolute Gasteiger partial charge is 0.327 e. The molecule has 1 aliphatic carbocycles. The van der Waals surface area contributed by atoms with E-state index < -0.39 is 12.0 Å². The predicted octanol–water partition coefficient (Wildman–Crippen LogP) is -0.920. The lowest BCUT2D eigenvalue weighted by molar-refractivity contribution is -0.141. The quantitative estimate of drug-likeness (QED) is 0.473. The molecule has 1 saturated carbocycles. The van der Waals surface area contributed by atoms with E-state index >= 15 is 0 Å². The van der Waals surface area contributed by atoms with Crippen LogP contribution >= 0.6 is 0 Å². The molecule has 0 aromatic heterocycles. The highest BCUT2D eigenvalue weighted by molar-refractivity contribution is 5.82. The first kappa shape index (κ1) is 12.9. The summed E-state index contributed by atoms with van der Waals surface area (Å²) < 4.78 is 0. The van der Waals surface area contributed by atoms with E-state index in [4.69, 9.17) is 5.11 Å². The van der Waals surface area contributed by atoms with Gasteiger partial charge in [-0.25, -0.2) is 4.79 Å². The number of carbonyl (C=O) groups excluding carboxylic acids is 1. The Kier molecular flexibility index (Phi) is 4.26. The SMILES string of the molecule is CC(=O)NC(CNC1(CO)CCC1)C(=O)O. The van der Waals surface area contributed by atoms with Gasteiger partial charge in [0.1, 0.15) is 6.04 Å². The van der Waals surface area contributed by atoms with E-state index in [-0.39, 0.29) is 24.6 Å². The second-order valence-corrected chi connectivity index (χ2v) is 4.26. The number of carboxylic acids is 1. The maximum atomic E-state index is 10.8. The molecule has 1 unspecified atom stereocenters. The fourth-order valence-electron chi connectivity index (χ4n) is 1.76. The molecule has 1 rings (SSSR count). The largest absolute Gasteiger partial charge is 0.480 e. The third-order valence-corrected chi connectivity index (χ3v) is 2.97. The van der Waals surface area contributed by atoms with Crippen LogP contribution in [0.2, 0.25) is 0 Å². The van der Waals surface area contributed by atoms with Gasteiger partial charge in [0.25, 0.3) is 0 Å². The Labute approximate surface area is 94.0 Å². The van der Waals surface area contributed by atoms with Gasteiger partial charge in [-0.3, -0.25) is 4.79 Å². The van der Waals surface area contributed by atoms with Gasteiger partial charge < -0.3 is 20.8 Å². The molecular weight excluding hydrogens is 212 g/mol. The van der Waals surface area contributed by atoms with E-state index in [0.29, 0.717) is 0 Å². The Bertz CT molecular complexity index is 270. The molecule has 16 heavy (non-hydrogen) atoms. The van der Waals surface area contributed by atoms with Gasteiger partial charge in [0, 0.05) is 19.0 Å². The van der Waals surface area contributed by atoms with Gasteiger partial charge in [0.15, 0.2) is 0 Å². The first-order valence-electron chi connectivity index (χ1n) is 5.35. The standard InChI is InChI=1S/C10H18N2O4/c1-7(14)12-8(9(15)16)5-11-10(6-13)3-2-4-10/h8,11,13H,2-6H2,1H3,(H,12,14)(H,15,16). The lowest BCUT2D eigenvalue weighted by atomic mass is 9.77. The Hall–Kier alpha value is -1.14. The van der Waals surface area contributed by atoms with Crippen molar-refractivity contribution in [2.45, 2.75) is 37.8 Å². The van der Waals surface area contributed by atoms with Crippen LogP contribution in [0.1, 0.15) is 26.2 Å². The number of carbonyl (C=O) groups is 2. The third kappa shape index (κ3) is 3.18. The van der Waals surface area contributed by atoms with Crippen molar-refractivity contribution < 1.29 is 19.8 Å². The van der Waals surface area contributed by atoms with E-state index in [9.17, 15) is 14.7 Å². The normalized spacial score (nSPS) is 19.6. The molecule has 1 aliphatic rings. The van der Waals surface area contributed by atoms with Crippen molar-refractivity contribution >= 4 is 11.9 Å². The summed E-state index contributed by atoms with van der Waals surface area (Å²) >= 11 is 0.